The molecule has 0 N–H and O–H groups in total. The fraction of sp³-hybridized carbons (Fsp3) is 0.192. The SMILES string of the molecule is C=C1c2cc(-c3ccc(Cl)cc3C)ccc2CN1c1cccc(-c2nncn2C(C)C)n1. The molecule has 0 aliphatic carbocycles. The van der Waals surface area contributed by atoms with Crippen molar-refractivity contribution >= 4 is 23.1 Å². The number of hydrogen-bond acceptors (Lipinski definition) is 4. The van der Waals surface area contributed by atoms with E-state index in [1.165, 1.54) is 11.1 Å². The van der Waals surface area contributed by atoms with Crippen molar-refractivity contribution in [3.05, 3.63) is 89.2 Å². The number of aryl methyl sites for hydroxylation is 1. The van der Waals surface area contributed by atoms with Gasteiger partial charge in [0.15, 0.2) is 5.82 Å². The van der Waals surface area contributed by atoms with Gasteiger partial charge in [-0.3, -0.25) is 0 Å². The van der Waals surface area contributed by atoms with Gasteiger partial charge < -0.3 is 9.47 Å². The van der Waals surface area contributed by atoms with Crippen LogP contribution in [0, 0.1) is 6.92 Å². The molecular formula is C26H24ClN5. The van der Waals surface area contributed by atoms with E-state index in [9.17, 15) is 0 Å². The first-order valence-electron chi connectivity index (χ1n) is 10.7. The van der Waals surface area contributed by atoms with Crippen molar-refractivity contribution in [3.8, 4) is 22.6 Å². The second kappa shape index (κ2) is 7.92. The van der Waals surface area contributed by atoms with Gasteiger partial charge in [0.25, 0.3) is 0 Å². The van der Waals surface area contributed by atoms with Crippen molar-refractivity contribution in [1.29, 1.82) is 0 Å². The molecule has 160 valence electrons. The number of halogens is 1. The Bertz CT molecular complexity index is 1340. The third-order valence-electron chi connectivity index (χ3n) is 5.94. The van der Waals surface area contributed by atoms with Crippen LogP contribution < -0.4 is 4.90 Å². The maximum Gasteiger partial charge on any atom is 0.182 e. The lowest BCUT2D eigenvalue weighted by Gasteiger charge is -2.19. The molecule has 0 amide bonds. The van der Waals surface area contributed by atoms with E-state index >= 15 is 0 Å². The summed E-state index contributed by atoms with van der Waals surface area (Å²) in [6, 6.07) is 18.8. The first-order valence-corrected chi connectivity index (χ1v) is 11.0. The van der Waals surface area contributed by atoms with Gasteiger partial charge in [-0.15, -0.1) is 10.2 Å². The lowest BCUT2D eigenvalue weighted by molar-refractivity contribution is 0.603. The number of hydrogen-bond donors (Lipinski definition) is 0. The van der Waals surface area contributed by atoms with E-state index in [-0.39, 0.29) is 6.04 Å². The molecule has 5 rings (SSSR count). The normalized spacial score (nSPS) is 13.2. The summed E-state index contributed by atoms with van der Waals surface area (Å²) in [7, 11) is 0. The van der Waals surface area contributed by atoms with Crippen LogP contribution in [-0.2, 0) is 6.54 Å². The van der Waals surface area contributed by atoms with Gasteiger partial charge in [-0.2, -0.15) is 0 Å². The number of pyridine rings is 1. The monoisotopic (exact) mass is 441 g/mol. The van der Waals surface area contributed by atoms with Crippen LogP contribution in [0.3, 0.4) is 0 Å². The topological polar surface area (TPSA) is 46.8 Å². The molecule has 0 saturated heterocycles. The van der Waals surface area contributed by atoms with Gasteiger partial charge >= 0.3 is 0 Å². The average molecular weight is 442 g/mol. The molecule has 3 heterocycles. The van der Waals surface area contributed by atoms with E-state index in [2.05, 4.69) is 66.7 Å². The van der Waals surface area contributed by atoms with E-state index in [0.717, 1.165) is 51.3 Å². The predicted molar refractivity (Wildman–Crippen MR) is 130 cm³/mol. The van der Waals surface area contributed by atoms with E-state index in [1.54, 1.807) is 6.33 Å². The maximum atomic E-state index is 6.15. The summed E-state index contributed by atoms with van der Waals surface area (Å²) in [6.07, 6.45) is 1.75. The van der Waals surface area contributed by atoms with Crippen molar-refractivity contribution < 1.29 is 0 Å². The van der Waals surface area contributed by atoms with Crippen molar-refractivity contribution in [1.82, 2.24) is 19.7 Å². The Morgan fingerprint density at radius 3 is 2.66 bits per heavy atom. The smallest absolute Gasteiger partial charge is 0.182 e. The highest BCUT2D eigenvalue weighted by Gasteiger charge is 2.25. The third-order valence-corrected chi connectivity index (χ3v) is 6.18. The molecule has 0 bridgehead atoms. The summed E-state index contributed by atoms with van der Waals surface area (Å²) in [4.78, 5) is 7.06. The molecule has 0 spiro atoms. The number of aromatic nitrogens is 4. The van der Waals surface area contributed by atoms with Crippen molar-refractivity contribution in [2.45, 2.75) is 33.4 Å². The summed E-state index contributed by atoms with van der Waals surface area (Å²) in [5, 5.41) is 9.12. The standard InChI is InChI=1S/C26H24ClN5/c1-16(2)32-15-28-30-26(32)24-6-5-7-25(29-24)31-14-20-9-8-19(13-23(20)18(31)4)22-11-10-21(27)12-17(22)3/h5-13,15-16H,4,14H2,1-3H3. The van der Waals surface area contributed by atoms with Crippen LogP contribution in [0.1, 0.15) is 36.6 Å². The molecule has 0 atom stereocenters. The molecule has 2 aromatic carbocycles. The third kappa shape index (κ3) is 3.49. The predicted octanol–water partition coefficient (Wildman–Crippen LogP) is 6.54. The van der Waals surface area contributed by atoms with E-state index in [1.807, 2.05) is 34.9 Å². The molecule has 2 aromatic heterocycles. The van der Waals surface area contributed by atoms with Crippen molar-refractivity contribution in [2.24, 2.45) is 0 Å². The minimum atomic E-state index is 0.256. The molecule has 0 saturated carbocycles. The second-order valence-corrected chi connectivity index (χ2v) is 8.84. The lowest BCUT2D eigenvalue weighted by atomic mass is 9.97. The summed E-state index contributed by atoms with van der Waals surface area (Å²) in [5.74, 6) is 1.62. The minimum Gasteiger partial charge on any atom is -0.322 e. The largest absolute Gasteiger partial charge is 0.322 e. The van der Waals surface area contributed by atoms with E-state index < -0.39 is 0 Å². The van der Waals surface area contributed by atoms with Crippen LogP contribution in [0.4, 0.5) is 5.82 Å². The highest BCUT2D eigenvalue weighted by Crippen LogP contribution is 2.38. The number of anilines is 1. The fourth-order valence-corrected chi connectivity index (χ4v) is 4.46. The van der Waals surface area contributed by atoms with Crippen molar-refractivity contribution in [3.63, 3.8) is 0 Å². The van der Waals surface area contributed by atoms with Gasteiger partial charge in [-0.1, -0.05) is 42.4 Å². The van der Waals surface area contributed by atoms with Crippen molar-refractivity contribution in [2.75, 3.05) is 4.90 Å². The summed E-state index contributed by atoms with van der Waals surface area (Å²) < 4.78 is 2.03. The molecule has 0 unspecified atom stereocenters. The fourth-order valence-electron chi connectivity index (χ4n) is 4.23. The Morgan fingerprint density at radius 2 is 1.88 bits per heavy atom. The molecule has 1 aliphatic heterocycles. The molecule has 4 aromatic rings. The summed E-state index contributed by atoms with van der Waals surface area (Å²) >= 11 is 6.15. The Morgan fingerprint density at radius 1 is 1.03 bits per heavy atom. The van der Waals surface area contributed by atoms with E-state index in [0.29, 0.717) is 0 Å². The molecule has 32 heavy (non-hydrogen) atoms. The quantitative estimate of drug-likeness (QED) is 0.360. The first kappa shape index (κ1) is 20.5. The van der Waals surface area contributed by atoms with Gasteiger partial charge in [0.2, 0.25) is 0 Å². The lowest BCUT2D eigenvalue weighted by Crippen LogP contribution is -2.15. The molecule has 1 aliphatic rings. The highest BCUT2D eigenvalue weighted by molar-refractivity contribution is 6.30. The van der Waals surface area contributed by atoms with Crippen LogP contribution in [0.25, 0.3) is 28.3 Å². The molecular weight excluding hydrogens is 418 g/mol. The molecule has 0 radical (unpaired) electrons. The molecule has 6 heteroatoms. The van der Waals surface area contributed by atoms with Crippen LogP contribution in [-0.4, -0.2) is 19.7 Å². The number of rotatable bonds is 4. The average Bonchev–Trinajstić information content (AvgIpc) is 3.39. The van der Waals surface area contributed by atoms with Gasteiger partial charge in [0.1, 0.15) is 17.8 Å². The number of benzene rings is 2. The van der Waals surface area contributed by atoms with Gasteiger partial charge in [-0.05, 0) is 73.4 Å². The Hall–Kier alpha value is -3.44. The van der Waals surface area contributed by atoms with Crippen LogP contribution >= 0.6 is 11.6 Å². The zero-order valence-corrected chi connectivity index (χ0v) is 19.1. The Labute approximate surface area is 193 Å². The molecule has 0 fully saturated rings. The van der Waals surface area contributed by atoms with Crippen LogP contribution in [0.15, 0.2) is 67.5 Å². The summed E-state index contributed by atoms with van der Waals surface area (Å²) in [5.41, 5.74) is 7.63. The zero-order chi connectivity index (χ0) is 22.4. The number of fused-ring (bicyclic) bond motifs is 1. The Balaban J connectivity index is 1.48. The first-order chi connectivity index (χ1) is 15.4. The Kier molecular flexibility index (Phi) is 5.06. The second-order valence-electron chi connectivity index (χ2n) is 8.40. The zero-order valence-electron chi connectivity index (χ0n) is 18.4. The van der Waals surface area contributed by atoms with Crippen LogP contribution in [0.2, 0.25) is 5.02 Å². The molecule has 5 nitrogen and oxygen atoms in total. The summed E-state index contributed by atoms with van der Waals surface area (Å²) in [6.45, 7) is 11.4. The maximum absolute atomic E-state index is 6.15. The number of nitrogens with zero attached hydrogens (tertiary/aromatic N) is 5. The van der Waals surface area contributed by atoms with E-state index in [4.69, 9.17) is 16.6 Å². The van der Waals surface area contributed by atoms with Crippen LogP contribution in [0.5, 0.6) is 0 Å². The minimum absolute atomic E-state index is 0.256. The van der Waals surface area contributed by atoms with Gasteiger partial charge in [-0.25, -0.2) is 4.98 Å². The van der Waals surface area contributed by atoms with Gasteiger partial charge in [0.05, 0.1) is 6.54 Å². The van der Waals surface area contributed by atoms with Gasteiger partial charge in [0, 0.05) is 22.3 Å². The highest BCUT2D eigenvalue weighted by atomic mass is 35.5.